The van der Waals surface area contributed by atoms with Crippen LogP contribution in [0.3, 0.4) is 0 Å². The molecule has 0 aliphatic carbocycles. The molecule has 3 atom stereocenters. The number of rotatable bonds is 51. The molecule has 0 saturated heterocycles. The van der Waals surface area contributed by atoms with Gasteiger partial charge in [0.05, 0.1) is 19.8 Å². The summed E-state index contributed by atoms with van der Waals surface area (Å²) in [5.74, 6) is -0.909. The molecule has 0 bridgehead atoms. The van der Waals surface area contributed by atoms with Crippen LogP contribution in [0.15, 0.2) is 12.2 Å². The first-order chi connectivity index (χ1) is 30.7. The minimum absolute atomic E-state index is 0.187. The number of ether oxygens (including phenoxy) is 2. The van der Waals surface area contributed by atoms with E-state index in [0.29, 0.717) is 12.8 Å². The largest absolute Gasteiger partial charge is 0.472 e. The second-order valence-corrected chi connectivity index (χ2v) is 19.7. The van der Waals surface area contributed by atoms with Crippen molar-refractivity contribution in [3.05, 3.63) is 12.2 Å². The maximum atomic E-state index is 12.7. The molecule has 0 fully saturated rings. The molecule has 0 heterocycles. The monoisotopic (exact) mass is 917 g/mol. The van der Waals surface area contributed by atoms with E-state index in [2.05, 4.69) is 26.0 Å². The van der Waals surface area contributed by atoms with Gasteiger partial charge in [0.2, 0.25) is 0 Å². The third-order valence-electron chi connectivity index (χ3n) is 11.9. The first-order valence-electron chi connectivity index (χ1n) is 26.6. The highest BCUT2D eigenvalue weighted by Gasteiger charge is 2.27. The Labute approximate surface area is 387 Å². The molecule has 0 rings (SSSR count). The topological polar surface area (TPSA) is 149 Å². The van der Waals surface area contributed by atoms with Gasteiger partial charge in [-0.1, -0.05) is 231 Å². The van der Waals surface area contributed by atoms with E-state index in [-0.39, 0.29) is 19.4 Å². The van der Waals surface area contributed by atoms with Crippen LogP contribution in [0, 0.1) is 0 Å². The molecule has 63 heavy (non-hydrogen) atoms. The molecular weight excluding hydrogens is 816 g/mol. The smallest absolute Gasteiger partial charge is 0.462 e. The average Bonchev–Trinajstić information content (AvgIpc) is 3.27. The molecule has 10 nitrogen and oxygen atoms in total. The van der Waals surface area contributed by atoms with Gasteiger partial charge in [-0.05, 0) is 38.5 Å². The quantitative estimate of drug-likeness (QED) is 0.0233. The fourth-order valence-corrected chi connectivity index (χ4v) is 8.60. The Morgan fingerprint density at radius 1 is 0.460 bits per heavy atom. The van der Waals surface area contributed by atoms with Crippen molar-refractivity contribution >= 4 is 19.8 Å². The normalized spacial score (nSPS) is 13.7. The number of phosphoric ester groups is 1. The molecule has 0 spiro atoms. The van der Waals surface area contributed by atoms with Crippen LogP contribution in [0.25, 0.3) is 0 Å². The summed E-state index contributed by atoms with van der Waals surface area (Å²) in [6.45, 7) is 2.44. The number of allylic oxidation sites excluding steroid dienone is 2. The van der Waals surface area contributed by atoms with Gasteiger partial charge in [-0.25, -0.2) is 4.57 Å². The van der Waals surface area contributed by atoms with Gasteiger partial charge < -0.3 is 24.6 Å². The zero-order chi connectivity index (χ0) is 46.2. The van der Waals surface area contributed by atoms with Crippen molar-refractivity contribution in [2.75, 3.05) is 26.4 Å². The lowest BCUT2D eigenvalue weighted by Gasteiger charge is -2.20. The van der Waals surface area contributed by atoms with Crippen LogP contribution in [-0.2, 0) is 32.7 Å². The van der Waals surface area contributed by atoms with Crippen LogP contribution >= 0.6 is 7.82 Å². The molecule has 0 aromatic heterocycles. The van der Waals surface area contributed by atoms with Gasteiger partial charge in [-0.3, -0.25) is 18.6 Å². The Morgan fingerprint density at radius 3 is 1.14 bits per heavy atom. The predicted molar refractivity (Wildman–Crippen MR) is 261 cm³/mol. The fraction of sp³-hybridized carbons (Fsp3) is 0.923. The molecule has 0 aliphatic rings. The van der Waals surface area contributed by atoms with E-state index in [0.717, 1.165) is 32.1 Å². The molecule has 0 aliphatic heterocycles. The summed E-state index contributed by atoms with van der Waals surface area (Å²) in [5.41, 5.74) is 0. The third-order valence-corrected chi connectivity index (χ3v) is 12.9. The van der Waals surface area contributed by atoms with Crippen LogP contribution in [0.5, 0.6) is 0 Å². The van der Waals surface area contributed by atoms with E-state index in [9.17, 15) is 24.2 Å². The minimum Gasteiger partial charge on any atom is -0.462 e. The van der Waals surface area contributed by atoms with E-state index >= 15 is 0 Å². The maximum Gasteiger partial charge on any atom is 0.472 e. The number of aliphatic hydroxyl groups is 2. The Balaban J connectivity index is 4.12. The summed E-state index contributed by atoms with van der Waals surface area (Å²) in [5, 5.41) is 18.4. The van der Waals surface area contributed by atoms with Gasteiger partial charge in [-0.15, -0.1) is 0 Å². The number of hydrogen-bond acceptors (Lipinski definition) is 9. The Hall–Kier alpha value is -1.29. The Morgan fingerprint density at radius 2 is 0.778 bits per heavy atom. The fourth-order valence-electron chi connectivity index (χ4n) is 7.82. The second kappa shape index (κ2) is 48.6. The minimum atomic E-state index is -4.62. The highest BCUT2D eigenvalue weighted by atomic mass is 31.2. The molecule has 0 saturated carbocycles. The van der Waals surface area contributed by atoms with E-state index < -0.39 is 51.8 Å². The number of phosphoric acid groups is 1. The van der Waals surface area contributed by atoms with Crippen LogP contribution in [-0.4, -0.2) is 65.7 Å². The number of carbonyl (C=O) groups excluding carboxylic acids is 2. The summed E-state index contributed by atoms with van der Waals surface area (Å²) in [4.78, 5) is 35.2. The molecule has 374 valence electrons. The Bertz CT molecular complexity index is 1060. The molecule has 11 heteroatoms. The maximum absolute atomic E-state index is 12.7. The van der Waals surface area contributed by atoms with Crippen molar-refractivity contribution in [3.8, 4) is 0 Å². The molecule has 3 N–H and O–H groups in total. The lowest BCUT2D eigenvalue weighted by molar-refractivity contribution is -0.161. The van der Waals surface area contributed by atoms with Gasteiger partial charge in [0.25, 0.3) is 0 Å². The highest BCUT2D eigenvalue weighted by molar-refractivity contribution is 7.47. The van der Waals surface area contributed by atoms with Crippen molar-refractivity contribution in [2.24, 2.45) is 0 Å². The van der Waals surface area contributed by atoms with Gasteiger partial charge in [0.15, 0.2) is 6.10 Å². The van der Waals surface area contributed by atoms with Gasteiger partial charge >= 0.3 is 19.8 Å². The van der Waals surface area contributed by atoms with E-state index in [4.69, 9.17) is 23.6 Å². The van der Waals surface area contributed by atoms with Crippen LogP contribution in [0.2, 0.25) is 0 Å². The molecule has 0 radical (unpaired) electrons. The number of aliphatic hydroxyl groups excluding tert-OH is 2. The molecule has 3 unspecified atom stereocenters. The standard InChI is InChI=1S/C52H101O10P/c1-3-5-7-9-11-13-15-17-19-21-23-24-26-27-29-31-33-35-37-39-41-43-51(55)59-47-50(48-61-63(57,58)60-46-49(54)45-53)62-52(56)44-42-40-38-36-34-32-30-28-25-22-20-18-16-14-12-10-8-6-4-2/h18,20,49-50,53-54H,3-17,19,21-48H2,1-2H3,(H,57,58)/b20-18-. The van der Waals surface area contributed by atoms with E-state index in [1.54, 1.807) is 0 Å². The summed E-state index contributed by atoms with van der Waals surface area (Å²) in [6.07, 6.45) is 50.4. The van der Waals surface area contributed by atoms with Gasteiger partial charge in [0.1, 0.15) is 12.7 Å². The van der Waals surface area contributed by atoms with Crippen LogP contribution in [0.1, 0.15) is 271 Å². The van der Waals surface area contributed by atoms with Crippen LogP contribution in [0.4, 0.5) is 0 Å². The van der Waals surface area contributed by atoms with Crippen molar-refractivity contribution in [2.45, 2.75) is 283 Å². The number of unbranched alkanes of at least 4 members (excludes halogenated alkanes) is 35. The summed E-state index contributed by atoms with van der Waals surface area (Å²) in [7, 11) is -4.62. The number of esters is 2. The summed E-state index contributed by atoms with van der Waals surface area (Å²) < 4.78 is 32.9. The number of hydrogen-bond donors (Lipinski definition) is 3. The van der Waals surface area contributed by atoms with Crippen LogP contribution < -0.4 is 0 Å². The second-order valence-electron chi connectivity index (χ2n) is 18.3. The van der Waals surface area contributed by atoms with Crippen molar-refractivity contribution < 1.29 is 47.8 Å². The lowest BCUT2D eigenvalue weighted by atomic mass is 10.0. The highest BCUT2D eigenvalue weighted by Crippen LogP contribution is 2.43. The third kappa shape index (κ3) is 48.5. The van der Waals surface area contributed by atoms with Crippen molar-refractivity contribution in [1.82, 2.24) is 0 Å². The number of carbonyl (C=O) groups is 2. The molecular formula is C52H101O10P. The van der Waals surface area contributed by atoms with Gasteiger partial charge in [0, 0.05) is 12.8 Å². The summed E-state index contributed by atoms with van der Waals surface area (Å²) >= 11 is 0. The lowest BCUT2D eigenvalue weighted by Crippen LogP contribution is -2.29. The van der Waals surface area contributed by atoms with Crippen molar-refractivity contribution in [3.63, 3.8) is 0 Å². The Kier molecular flexibility index (Phi) is 47.6. The first-order valence-corrected chi connectivity index (χ1v) is 28.1. The average molecular weight is 917 g/mol. The molecule has 0 amide bonds. The van der Waals surface area contributed by atoms with Crippen molar-refractivity contribution in [1.29, 1.82) is 0 Å². The predicted octanol–water partition coefficient (Wildman–Crippen LogP) is 15.1. The first kappa shape index (κ1) is 61.7. The van der Waals surface area contributed by atoms with E-state index in [1.165, 1.54) is 199 Å². The molecule has 0 aromatic carbocycles. The zero-order valence-corrected chi connectivity index (χ0v) is 42.0. The van der Waals surface area contributed by atoms with Gasteiger partial charge in [-0.2, -0.15) is 0 Å². The zero-order valence-electron chi connectivity index (χ0n) is 41.1. The molecule has 0 aromatic rings. The SMILES string of the molecule is CCCCCCCC/C=C\CCCCCCCCCCCC(=O)OC(COC(=O)CCCCCCCCCCCCCCCCCCCCCCC)COP(=O)(O)OCC(O)CO. The van der Waals surface area contributed by atoms with E-state index in [1.807, 2.05) is 0 Å². The summed E-state index contributed by atoms with van der Waals surface area (Å²) in [6, 6.07) is 0.